The van der Waals surface area contributed by atoms with Crippen molar-refractivity contribution in [2.24, 2.45) is 0 Å². The van der Waals surface area contributed by atoms with E-state index in [1.54, 1.807) is 35.2 Å². The quantitative estimate of drug-likeness (QED) is 0.787. The molecule has 3 heterocycles. The highest BCUT2D eigenvalue weighted by atomic mass is 32.2. The second-order valence-corrected chi connectivity index (χ2v) is 9.39. The zero-order chi connectivity index (χ0) is 19.0. The highest BCUT2D eigenvalue weighted by Crippen LogP contribution is 2.39. The molecule has 1 aromatic heterocycles. The van der Waals surface area contributed by atoms with E-state index in [1.165, 1.54) is 18.3 Å². The number of fused-ring (bicyclic) bond motifs is 2. The van der Waals surface area contributed by atoms with Crippen LogP contribution >= 0.6 is 0 Å². The largest absolute Gasteiger partial charge is 0.335 e. The molecular weight excluding hydrogens is 366 g/mol. The van der Waals surface area contributed by atoms with E-state index in [9.17, 15) is 18.0 Å². The van der Waals surface area contributed by atoms with Crippen LogP contribution in [0.2, 0.25) is 0 Å². The van der Waals surface area contributed by atoms with Gasteiger partial charge in [-0.25, -0.2) is 13.1 Å². The summed E-state index contributed by atoms with van der Waals surface area (Å²) < 4.78 is 27.1. The maximum atomic E-state index is 13.0. The molecule has 0 spiro atoms. The van der Waals surface area contributed by atoms with E-state index >= 15 is 0 Å². The van der Waals surface area contributed by atoms with Crippen molar-refractivity contribution < 1.29 is 13.2 Å². The fraction of sp³-hybridized carbons (Fsp3) is 0.421. The maximum Gasteiger partial charge on any atom is 0.267 e. The van der Waals surface area contributed by atoms with Crippen LogP contribution < -0.4 is 5.56 Å². The first-order valence-corrected chi connectivity index (χ1v) is 10.6. The van der Waals surface area contributed by atoms with E-state index in [1.807, 2.05) is 0 Å². The molecule has 0 radical (unpaired) electrons. The molecule has 1 aromatic carbocycles. The monoisotopic (exact) mass is 387 g/mol. The van der Waals surface area contributed by atoms with Crippen LogP contribution in [0.5, 0.6) is 0 Å². The summed E-state index contributed by atoms with van der Waals surface area (Å²) in [6.45, 7) is -0.108. The van der Waals surface area contributed by atoms with E-state index in [4.69, 9.17) is 0 Å². The van der Waals surface area contributed by atoms with Crippen LogP contribution in [0.3, 0.4) is 0 Å². The summed E-state index contributed by atoms with van der Waals surface area (Å²) in [5, 5.41) is 3.47. The van der Waals surface area contributed by atoms with Gasteiger partial charge in [0.25, 0.3) is 5.56 Å². The molecule has 2 aliphatic rings. The van der Waals surface area contributed by atoms with Crippen molar-refractivity contribution in [2.75, 3.05) is 0 Å². The number of carbonyl (C=O) groups is 1. The third-order valence-electron chi connectivity index (χ3n) is 5.56. The number of rotatable bonds is 4. The molecule has 0 aliphatic carbocycles. The Balaban J connectivity index is 1.52. The Bertz CT molecular complexity index is 989. The Hall–Kier alpha value is -2.48. The molecule has 8 heteroatoms. The van der Waals surface area contributed by atoms with E-state index in [0.717, 1.165) is 17.5 Å². The molecule has 0 saturated carbocycles. The zero-order valence-electron chi connectivity index (χ0n) is 14.8. The molecule has 4 rings (SSSR count). The Morgan fingerprint density at radius 2 is 1.70 bits per heavy atom. The summed E-state index contributed by atoms with van der Waals surface area (Å²) >= 11 is 0. The topological polar surface area (TPSA) is 89.3 Å². The molecule has 2 saturated heterocycles. The first-order valence-electron chi connectivity index (χ1n) is 9.09. The van der Waals surface area contributed by atoms with E-state index in [-0.39, 0.29) is 30.1 Å². The molecule has 2 atom stereocenters. The van der Waals surface area contributed by atoms with Gasteiger partial charge in [0.2, 0.25) is 5.91 Å². The fourth-order valence-electron chi connectivity index (χ4n) is 4.31. The van der Waals surface area contributed by atoms with Crippen molar-refractivity contribution in [3.63, 3.8) is 0 Å². The lowest BCUT2D eigenvalue weighted by molar-refractivity contribution is -0.136. The van der Waals surface area contributed by atoms with Crippen LogP contribution in [0.25, 0.3) is 0 Å². The van der Waals surface area contributed by atoms with Gasteiger partial charge < -0.3 is 4.90 Å². The molecule has 27 heavy (non-hydrogen) atoms. The number of benzene rings is 1. The standard InChI is InChI=1S/C19H21N3O4S/c23-18-7-4-10-20-21(18)13-19(24)22-14-8-9-15(22)12-17(11-14)27(25,26)16-5-2-1-3-6-16/h1-7,10,14-15,17H,8-9,11-13H2/t14-,15-/m0/s1. The normalized spacial score (nSPS) is 24.7. The van der Waals surface area contributed by atoms with Crippen molar-refractivity contribution >= 4 is 15.7 Å². The van der Waals surface area contributed by atoms with Gasteiger partial charge in [0.15, 0.2) is 9.84 Å². The Labute approximate surface area is 157 Å². The third kappa shape index (κ3) is 3.29. The van der Waals surface area contributed by atoms with Gasteiger partial charge in [-0.3, -0.25) is 9.59 Å². The van der Waals surface area contributed by atoms with Gasteiger partial charge in [0.05, 0.1) is 10.1 Å². The smallest absolute Gasteiger partial charge is 0.267 e. The van der Waals surface area contributed by atoms with Crippen LogP contribution in [0, 0.1) is 0 Å². The Morgan fingerprint density at radius 3 is 2.33 bits per heavy atom. The number of piperidine rings is 1. The van der Waals surface area contributed by atoms with Gasteiger partial charge >= 0.3 is 0 Å². The number of sulfone groups is 1. The predicted octanol–water partition coefficient (Wildman–Crippen LogP) is 1.24. The van der Waals surface area contributed by atoms with Crippen LogP contribution in [0.15, 0.2) is 58.4 Å². The van der Waals surface area contributed by atoms with E-state index < -0.39 is 15.1 Å². The average molecular weight is 387 g/mol. The molecular formula is C19H21N3O4S. The lowest BCUT2D eigenvalue weighted by atomic mass is 10.0. The summed E-state index contributed by atoms with van der Waals surface area (Å²) in [5.74, 6) is -0.168. The van der Waals surface area contributed by atoms with Gasteiger partial charge in [-0.1, -0.05) is 18.2 Å². The number of nitrogens with zero attached hydrogens (tertiary/aromatic N) is 3. The molecule has 142 valence electrons. The molecule has 2 aliphatic heterocycles. The molecule has 2 aromatic rings. The molecule has 1 amide bonds. The van der Waals surface area contributed by atoms with Crippen LogP contribution in [0.1, 0.15) is 25.7 Å². The van der Waals surface area contributed by atoms with Crippen LogP contribution in [-0.4, -0.2) is 46.3 Å². The molecule has 2 bridgehead atoms. The SMILES string of the molecule is O=C(Cn1ncccc1=O)N1[C@H]2CC[C@H]1CC(S(=O)(=O)c1ccccc1)C2. The molecule has 0 unspecified atom stereocenters. The molecule has 7 nitrogen and oxygen atoms in total. The lowest BCUT2D eigenvalue weighted by Gasteiger charge is -2.38. The summed E-state index contributed by atoms with van der Waals surface area (Å²) in [7, 11) is -3.41. The highest BCUT2D eigenvalue weighted by Gasteiger charge is 2.47. The summed E-state index contributed by atoms with van der Waals surface area (Å²) in [4.78, 5) is 26.7. The Morgan fingerprint density at radius 1 is 1.04 bits per heavy atom. The second kappa shape index (κ2) is 6.92. The van der Waals surface area contributed by atoms with Gasteiger partial charge in [0.1, 0.15) is 6.54 Å². The fourth-order valence-corrected chi connectivity index (χ4v) is 6.18. The van der Waals surface area contributed by atoms with Crippen molar-refractivity contribution in [3.8, 4) is 0 Å². The minimum atomic E-state index is -3.41. The van der Waals surface area contributed by atoms with Crippen molar-refractivity contribution in [3.05, 3.63) is 59.0 Å². The first-order chi connectivity index (χ1) is 13.0. The van der Waals surface area contributed by atoms with Gasteiger partial charge in [0, 0.05) is 24.3 Å². The predicted molar refractivity (Wildman–Crippen MR) is 98.8 cm³/mol. The van der Waals surface area contributed by atoms with Gasteiger partial charge in [-0.15, -0.1) is 0 Å². The molecule has 0 N–H and O–H groups in total. The van der Waals surface area contributed by atoms with Crippen molar-refractivity contribution in [1.82, 2.24) is 14.7 Å². The van der Waals surface area contributed by atoms with Gasteiger partial charge in [-0.05, 0) is 43.9 Å². The lowest BCUT2D eigenvalue weighted by Crippen LogP contribution is -2.51. The number of carbonyl (C=O) groups excluding carboxylic acids is 1. The minimum absolute atomic E-state index is 0.0980. The van der Waals surface area contributed by atoms with Crippen molar-refractivity contribution in [1.29, 1.82) is 0 Å². The number of aromatic nitrogens is 2. The minimum Gasteiger partial charge on any atom is -0.335 e. The molecule has 2 fully saturated rings. The average Bonchev–Trinajstić information content (AvgIpc) is 2.94. The first kappa shape index (κ1) is 17.9. The van der Waals surface area contributed by atoms with Crippen LogP contribution in [-0.2, 0) is 21.2 Å². The number of amides is 1. The second-order valence-electron chi connectivity index (χ2n) is 7.16. The number of hydrogen-bond donors (Lipinski definition) is 0. The van der Waals surface area contributed by atoms with Crippen LogP contribution in [0.4, 0.5) is 0 Å². The highest BCUT2D eigenvalue weighted by molar-refractivity contribution is 7.92. The summed E-state index contributed by atoms with van der Waals surface area (Å²) in [6, 6.07) is 11.2. The third-order valence-corrected chi connectivity index (χ3v) is 7.75. The Kier molecular flexibility index (Phi) is 4.59. The number of hydrogen-bond acceptors (Lipinski definition) is 5. The maximum absolute atomic E-state index is 13.0. The van der Waals surface area contributed by atoms with E-state index in [0.29, 0.717) is 17.7 Å². The summed E-state index contributed by atoms with van der Waals surface area (Å²) in [5.41, 5.74) is -0.320. The van der Waals surface area contributed by atoms with E-state index in [2.05, 4.69) is 5.10 Å². The summed E-state index contributed by atoms with van der Waals surface area (Å²) in [6.07, 6.45) is 3.96. The van der Waals surface area contributed by atoms with Gasteiger partial charge in [-0.2, -0.15) is 5.10 Å². The zero-order valence-corrected chi connectivity index (χ0v) is 15.6. The van der Waals surface area contributed by atoms with Crippen molar-refractivity contribution in [2.45, 2.75) is 54.5 Å².